The quantitative estimate of drug-likeness (QED) is 0.610. The van der Waals surface area contributed by atoms with Gasteiger partial charge in [-0.25, -0.2) is 4.98 Å². The third kappa shape index (κ3) is 4.31. The molecule has 2 aromatic carbocycles. The minimum absolute atomic E-state index is 0.0397. The molecule has 1 aliphatic carbocycles. The first-order valence-corrected chi connectivity index (χ1v) is 10.1. The molecule has 6 nitrogen and oxygen atoms in total. The smallest absolute Gasteiger partial charge is 0.262 e. The van der Waals surface area contributed by atoms with E-state index in [0.29, 0.717) is 16.8 Å². The van der Waals surface area contributed by atoms with Gasteiger partial charge in [-0.15, -0.1) is 0 Å². The summed E-state index contributed by atoms with van der Waals surface area (Å²) in [6.07, 6.45) is 2.63. The van der Waals surface area contributed by atoms with Crippen molar-refractivity contribution >= 4 is 17.4 Å². The Morgan fingerprint density at radius 3 is 2.45 bits per heavy atom. The number of carbonyl (C=O) groups is 2. The van der Waals surface area contributed by atoms with Gasteiger partial charge in [0.05, 0.1) is 5.69 Å². The molecule has 154 valence electrons. The van der Waals surface area contributed by atoms with Crippen LogP contribution in [0.25, 0.3) is 11.3 Å². The van der Waals surface area contributed by atoms with Crippen molar-refractivity contribution in [2.24, 2.45) is 0 Å². The van der Waals surface area contributed by atoms with Crippen molar-refractivity contribution in [1.29, 1.82) is 5.26 Å². The van der Waals surface area contributed by atoms with Crippen molar-refractivity contribution in [2.75, 3.05) is 11.9 Å². The summed E-state index contributed by atoms with van der Waals surface area (Å²) < 4.78 is 5.71. The minimum Gasteiger partial charge on any atom is -0.467 e. The van der Waals surface area contributed by atoms with Crippen LogP contribution in [0.4, 0.5) is 5.69 Å². The second-order valence-electron chi connectivity index (χ2n) is 7.40. The molecular weight excluding hydrogens is 390 g/mol. The summed E-state index contributed by atoms with van der Waals surface area (Å²) in [6.45, 7) is 1.21. The molecule has 0 saturated heterocycles. The predicted octanol–water partition coefficient (Wildman–Crippen LogP) is 4.33. The Morgan fingerprint density at radius 2 is 1.77 bits per heavy atom. The molecule has 6 heteroatoms. The molecule has 0 unspecified atom stereocenters. The normalized spacial score (nSPS) is 12.0. The van der Waals surface area contributed by atoms with Gasteiger partial charge in [0.25, 0.3) is 5.91 Å². The molecule has 4 rings (SSSR count). The van der Waals surface area contributed by atoms with E-state index in [1.54, 1.807) is 24.3 Å². The number of hydrogen-bond acceptors (Lipinski definition) is 5. The van der Waals surface area contributed by atoms with Crippen LogP contribution in [-0.4, -0.2) is 23.3 Å². The summed E-state index contributed by atoms with van der Waals surface area (Å²) in [6, 6.07) is 18.6. The number of pyridine rings is 1. The number of fused-ring (bicyclic) bond motifs is 1. The maximum absolute atomic E-state index is 12.4. The van der Waals surface area contributed by atoms with E-state index in [0.717, 1.165) is 41.6 Å². The van der Waals surface area contributed by atoms with Crippen molar-refractivity contribution in [1.82, 2.24) is 4.98 Å². The number of benzene rings is 2. The molecule has 0 spiro atoms. The number of rotatable bonds is 6. The SMILES string of the molecule is CC(=O)c1ccc(NC(=O)COc2nc(-c3ccccc3)c3c(c2C#N)CCC3)cc1. The highest BCUT2D eigenvalue weighted by Gasteiger charge is 2.25. The van der Waals surface area contributed by atoms with Crippen molar-refractivity contribution in [2.45, 2.75) is 26.2 Å². The van der Waals surface area contributed by atoms with Crippen LogP contribution in [0.3, 0.4) is 0 Å². The van der Waals surface area contributed by atoms with E-state index in [4.69, 9.17) is 4.74 Å². The molecule has 0 fully saturated rings. The fourth-order valence-electron chi connectivity index (χ4n) is 3.81. The van der Waals surface area contributed by atoms with E-state index < -0.39 is 0 Å². The minimum atomic E-state index is -0.372. The Morgan fingerprint density at radius 1 is 1.06 bits per heavy atom. The molecule has 0 radical (unpaired) electrons. The second kappa shape index (κ2) is 8.80. The van der Waals surface area contributed by atoms with E-state index in [1.807, 2.05) is 30.3 Å². The lowest BCUT2D eigenvalue weighted by Gasteiger charge is -2.14. The van der Waals surface area contributed by atoms with Crippen molar-refractivity contribution in [3.8, 4) is 23.2 Å². The highest BCUT2D eigenvalue weighted by molar-refractivity contribution is 5.96. The Labute approximate surface area is 180 Å². The molecule has 0 bridgehead atoms. The van der Waals surface area contributed by atoms with Crippen LogP contribution in [0.15, 0.2) is 54.6 Å². The topological polar surface area (TPSA) is 92.1 Å². The van der Waals surface area contributed by atoms with Gasteiger partial charge in [-0.1, -0.05) is 30.3 Å². The highest BCUT2D eigenvalue weighted by atomic mass is 16.5. The number of nitriles is 1. The molecule has 31 heavy (non-hydrogen) atoms. The fourth-order valence-corrected chi connectivity index (χ4v) is 3.81. The molecule has 0 atom stereocenters. The third-order valence-electron chi connectivity index (χ3n) is 5.31. The van der Waals surface area contributed by atoms with Gasteiger partial charge >= 0.3 is 0 Å². The monoisotopic (exact) mass is 411 g/mol. The largest absolute Gasteiger partial charge is 0.467 e. The van der Waals surface area contributed by atoms with Gasteiger partial charge < -0.3 is 10.1 Å². The number of hydrogen-bond donors (Lipinski definition) is 1. The van der Waals surface area contributed by atoms with Gasteiger partial charge in [0.2, 0.25) is 5.88 Å². The first-order chi connectivity index (χ1) is 15.1. The molecular formula is C25H21N3O3. The van der Waals surface area contributed by atoms with Gasteiger partial charge in [0, 0.05) is 16.8 Å². The molecule has 1 amide bonds. The molecule has 0 aliphatic heterocycles. The van der Waals surface area contributed by atoms with Crippen LogP contribution in [-0.2, 0) is 17.6 Å². The van der Waals surface area contributed by atoms with Crippen LogP contribution < -0.4 is 10.1 Å². The Bertz CT molecular complexity index is 1180. The van der Waals surface area contributed by atoms with Crippen LogP contribution in [0, 0.1) is 11.3 Å². The fraction of sp³-hybridized carbons (Fsp3) is 0.200. The summed E-state index contributed by atoms with van der Waals surface area (Å²) in [7, 11) is 0. The Balaban J connectivity index is 1.55. The average molecular weight is 411 g/mol. The summed E-state index contributed by atoms with van der Waals surface area (Å²) in [5.74, 6) is -0.228. The molecule has 1 aliphatic rings. The number of nitrogens with one attached hydrogen (secondary N) is 1. The van der Waals surface area contributed by atoms with E-state index in [9.17, 15) is 14.9 Å². The zero-order valence-electron chi connectivity index (χ0n) is 17.1. The molecule has 0 saturated carbocycles. The number of anilines is 1. The number of carbonyl (C=O) groups excluding carboxylic acids is 2. The van der Waals surface area contributed by atoms with Gasteiger partial charge in [-0.2, -0.15) is 5.26 Å². The molecule has 1 N–H and O–H groups in total. The summed E-state index contributed by atoms with van der Waals surface area (Å²) >= 11 is 0. The lowest BCUT2D eigenvalue weighted by Crippen LogP contribution is -2.21. The van der Waals surface area contributed by atoms with Gasteiger partial charge in [0.1, 0.15) is 11.6 Å². The number of ether oxygens (including phenoxy) is 1. The first kappa shape index (κ1) is 20.3. The number of aromatic nitrogens is 1. The van der Waals surface area contributed by atoms with E-state index in [-0.39, 0.29) is 24.2 Å². The summed E-state index contributed by atoms with van der Waals surface area (Å²) in [5.41, 5.74) is 5.37. The summed E-state index contributed by atoms with van der Waals surface area (Å²) in [5, 5.41) is 12.4. The molecule has 1 aromatic heterocycles. The maximum atomic E-state index is 12.4. The van der Waals surface area contributed by atoms with Crippen LogP contribution >= 0.6 is 0 Å². The third-order valence-corrected chi connectivity index (χ3v) is 5.31. The van der Waals surface area contributed by atoms with Crippen LogP contribution in [0.2, 0.25) is 0 Å². The van der Waals surface area contributed by atoms with E-state index in [2.05, 4.69) is 16.4 Å². The molecule has 1 heterocycles. The summed E-state index contributed by atoms with van der Waals surface area (Å²) in [4.78, 5) is 28.4. The van der Waals surface area contributed by atoms with E-state index >= 15 is 0 Å². The van der Waals surface area contributed by atoms with Crippen molar-refractivity contribution in [3.63, 3.8) is 0 Å². The number of Topliss-reactive ketones (excluding diaryl/α,β-unsaturated/α-hetero) is 1. The predicted molar refractivity (Wildman–Crippen MR) is 117 cm³/mol. The lowest BCUT2D eigenvalue weighted by atomic mass is 9.99. The van der Waals surface area contributed by atoms with Crippen molar-refractivity contribution in [3.05, 3.63) is 76.9 Å². The maximum Gasteiger partial charge on any atom is 0.262 e. The zero-order chi connectivity index (χ0) is 21.8. The van der Waals surface area contributed by atoms with Crippen LogP contribution in [0.1, 0.15) is 40.4 Å². The lowest BCUT2D eigenvalue weighted by molar-refractivity contribution is -0.118. The number of amides is 1. The molecule has 3 aromatic rings. The standard InChI is InChI=1S/C25H21N3O3/c1-16(29)17-10-12-19(13-11-17)27-23(30)15-31-25-22(14-26)20-8-5-9-21(20)24(28-25)18-6-3-2-4-7-18/h2-4,6-7,10-13H,5,8-9,15H2,1H3,(H,27,30). The van der Waals surface area contributed by atoms with Crippen LogP contribution in [0.5, 0.6) is 5.88 Å². The Kier molecular flexibility index (Phi) is 5.76. The average Bonchev–Trinajstić information content (AvgIpc) is 3.27. The number of nitrogens with zero attached hydrogens (tertiary/aromatic N) is 2. The number of ketones is 1. The van der Waals surface area contributed by atoms with Gasteiger partial charge in [0.15, 0.2) is 12.4 Å². The van der Waals surface area contributed by atoms with Crippen molar-refractivity contribution < 1.29 is 14.3 Å². The highest BCUT2D eigenvalue weighted by Crippen LogP contribution is 2.36. The van der Waals surface area contributed by atoms with E-state index in [1.165, 1.54) is 6.92 Å². The first-order valence-electron chi connectivity index (χ1n) is 10.1. The zero-order valence-corrected chi connectivity index (χ0v) is 17.1. The van der Waals surface area contributed by atoms with Gasteiger partial charge in [-0.05, 0) is 61.6 Å². The second-order valence-corrected chi connectivity index (χ2v) is 7.40. The Hall–Kier alpha value is -3.98. The van der Waals surface area contributed by atoms with Gasteiger partial charge in [-0.3, -0.25) is 9.59 Å².